The Morgan fingerprint density at radius 3 is 1.71 bits per heavy atom. The van der Waals surface area contributed by atoms with Gasteiger partial charge in [-0.05, 0) is 123 Å². The number of hydrogen-bond acceptors (Lipinski definition) is 2. The monoisotopic (exact) mass is 715 g/mol. The van der Waals surface area contributed by atoms with Crippen molar-refractivity contribution in [2.75, 3.05) is 4.90 Å². The van der Waals surface area contributed by atoms with E-state index in [1.165, 1.54) is 55.3 Å². The molecule has 264 valence electrons. The minimum absolute atomic E-state index is 0.305. The van der Waals surface area contributed by atoms with Gasteiger partial charge in [-0.15, -0.1) is 0 Å². The molecule has 0 N–H and O–H groups in total. The van der Waals surface area contributed by atoms with Gasteiger partial charge in [0.1, 0.15) is 11.5 Å². The Morgan fingerprint density at radius 1 is 0.375 bits per heavy atom. The number of nitrogens with zero attached hydrogens (tertiary/aromatic N) is 1. The fourth-order valence-corrected chi connectivity index (χ4v) is 9.17. The minimum atomic E-state index is -0.305. The van der Waals surface area contributed by atoms with Gasteiger partial charge in [0, 0.05) is 33.4 Å². The van der Waals surface area contributed by atoms with Gasteiger partial charge < -0.3 is 9.64 Å². The van der Waals surface area contributed by atoms with E-state index >= 15 is 0 Å². The van der Waals surface area contributed by atoms with Crippen molar-refractivity contribution in [3.05, 3.63) is 223 Å². The van der Waals surface area contributed by atoms with Crippen LogP contribution in [0.5, 0.6) is 11.5 Å². The molecule has 2 aliphatic rings. The molecule has 9 aromatic rings. The topological polar surface area (TPSA) is 12.5 Å². The normalized spacial score (nSPS) is 13.0. The average Bonchev–Trinajstić information content (AvgIpc) is 3.53. The Morgan fingerprint density at radius 2 is 0.946 bits per heavy atom. The van der Waals surface area contributed by atoms with Gasteiger partial charge in [-0.25, -0.2) is 0 Å². The predicted molar refractivity (Wildman–Crippen MR) is 232 cm³/mol. The van der Waals surface area contributed by atoms with Crippen molar-refractivity contribution in [2.45, 2.75) is 12.3 Å². The lowest BCUT2D eigenvalue weighted by Crippen LogP contribution is -2.23. The number of hydrogen-bond donors (Lipinski definition) is 0. The second-order valence-electron chi connectivity index (χ2n) is 15.0. The molecule has 0 amide bonds. The Labute approximate surface area is 327 Å². The first-order chi connectivity index (χ1) is 27.6. The molecule has 2 nitrogen and oxygen atoms in total. The summed E-state index contributed by atoms with van der Waals surface area (Å²) >= 11 is 0. The van der Waals surface area contributed by atoms with Gasteiger partial charge in [0.2, 0.25) is 0 Å². The van der Waals surface area contributed by atoms with Crippen molar-refractivity contribution >= 4 is 27.8 Å². The van der Waals surface area contributed by atoms with Crippen molar-refractivity contribution in [1.82, 2.24) is 0 Å². The van der Waals surface area contributed by atoms with Crippen LogP contribution >= 0.6 is 0 Å². The fraction of sp³-hybridized carbons (Fsp3) is 0.0370. The third-order valence-electron chi connectivity index (χ3n) is 11.9. The second-order valence-corrected chi connectivity index (χ2v) is 15.0. The molecule has 0 saturated carbocycles. The summed E-state index contributed by atoms with van der Waals surface area (Å²) in [5.41, 5.74) is 16.6. The maximum absolute atomic E-state index is 6.46. The van der Waals surface area contributed by atoms with Gasteiger partial charge in [-0.2, -0.15) is 0 Å². The van der Waals surface area contributed by atoms with E-state index in [1.54, 1.807) is 0 Å². The number of ether oxygens (including phenoxy) is 1. The van der Waals surface area contributed by atoms with E-state index in [9.17, 15) is 0 Å². The van der Waals surface area contributed by atoms with Gasteiger partial charge in [0.25, 0.3) is 0 Å². The zero-order chi connectivity index (χ0) is 37.2. The van der Waals surface area contributed by atoms with E-state index in [1.807, 2.05) is 0 Å². The highest BCUT2D eigenvalue weighted by Crippen LogP contribution is 2.53. The van der Waals surface area contributed by atoms with Crippen LogP contribution in [0.1, 0.15) is 23.6 Å². The van der Waals surface area contributed by atoms with Crippen LogP contribution in [0.25, 0.3) is 55.3 Å². The first-order valence-electron chi connectivity index (χ1n) is 19.3. The lowest BCUT2D eigenvalue weighted by molar-refractivity contribution is 0.487. The lowest BCUT2D eigenvalue weighted by Gasteiger charge is -2.31. The Bertz CT molecular complexity index is 2910. The Kier molecular flexibility index (Phi) is 7.33. The Hall–Kier alpha value is -7.16. The maximum atomic E-state index is 6.46. The number of rotatable bonds is 6. The summed E-state index contributed by atoms with van der Waals surface area (Å²) in [5, 5.41) is 2.35. The van der Waals surface area contributed by atoms with Crippen LogP contribution in [0.3, 0.4) is 0 Å². The molecular formula is C54H37NO. The molecule has 0 saturated heterocycles. The van der Waals surface area contributed by atoms with Crippen LogP contribution in [0.4, 0.5) is 17.1 Å². The fourth-order valence-electron chi connectivity index (χ4n) is 9.17. The van der Waals surface area contributed by atoms with Crippen LogP contribution in [0.2, 0.25) is 0 Å². The quantitative estimate of drug-likeness (QED) is 0.170. The molecule has 1 aliphatic heterocycles. The summed E-state index contributed by atoms with van der Waals surface area (Å²) in [6, 6.07) is 74.8. The van der Waals surface area contributed by atoms with E-state index in [-0.39, 0.29) is 5.41 Å². The molecule has 9 aromatic carbocycles. The lowest BCUT2D eigenvalue weighted by atomic mass is 9.74. The van der Waals surface area contributed by atoms with Gasteiger partial charge in [-0.1, -0.05) is 152 Å². The van der Waals surface area contributed by atoms with Crippen LogP contribution in [0, 0.1) is 0 Å². The van der Waals surface area contributed by atoms with E-state index in [0.29, 0.717) is 0 Å². The van der Waals surface area contributed by atoms with Gasteiger partial charge >= 0.3 is 0 Å². The summed E-state index contributed by atoms with van der Waals surface area (Å²) in [7, 11) is 0. The smallest absolute Gasteiger partial charge is 0.135 e. The van der Waals surface area contributed by atoms with Crippen LogP contribution in [-0.2, 0) is 5.41 Å². The molecule has 0 spiro atoms. The molecule has 0 unspecified atom stereocenters. The van der Waals surface area contributed by atoms with E-state index in [4.69, 9.17) is 4.74 Å². The summed E-state index contributed by atoms with van der Waals surface area (Å²) in [6.45, 7) is 2.38. The van der Waals surface area contributed by atoms with Crippen molar-refractivity contribution in [3.8, 4) is 56.0 Å². The standard InChI is InChI=1S/C54H37NO/c1-54(49-24-7-5-21-45(49)46-22-6-8-25-50(46)54)41-18-12-20-44(35-41)55(42-30-27-37(28-31-42)36-13-3-2-4-14-36)43-19-9-17-39(33-43)40-29-32-51-48(34-40)47-23-10-15-38-16-11-26-52(56-51)53(38)47/h2-35H,1H3. The highest BCUT2D eigenvalue weighted by molar-refractivity contribution is 6.04. The van der Waals surface area contributed by atoms with E-state index in [2.05, 4.69) is 218 Å². The van der Waals surface area contributed by atoms with Crippen molar-refractivity contribution in [3.63, 3.8) is 0 Å². The highest BCUT2D eigenvalue weighted by Gasteiger charge is 2.40. The Balaban J connectivity index is 1.05. The third kappa shape index (κ3) is 5.03. The number of fused-ring (bicyclic) bond motifs is 5. The number of anilines is 3. The molecule has 0 fully saturated rings. The van der Waals surface area contributed by atoms with Gasteiger partial charge in [-0.3, -0.25) is 0 Å². The zero-order valence-electron chi connectivity index (χ0n) is 31.0. The largest absolute Gasteiger partial charge is 0.456 e. The molecule has 0 bridgehead atoms. The van der Waals surface area contributed by atoms with Crippen LogP contribution in [0.15, 0.2) is 206 Å². The minimum Gasteiger partial charge on any atom is -0.456 e. The average molecular weight is 716 g/mol. The molecule has 0 aromatic heterocycles. The van der Waals surface area contributed by atoms with Gasteiger partial charge in [0.05, 0.1) is 0 Å². The summed E-state index contributed by atoms with van der Waals surface area (Å²) in [5.74, 6) is 1.80. The SMILES string of the molecule is CC1(c2cccc(N(c3ccc(-c4ccccc4)cc3)c3cccc(-c4ccc5c(c4)-c4cccc6cccc(c46)O5)c3)c2)c2ccccc2-c2ccccc21. The van der Waals surface area contributed by atoms with E-state index < -0.39 is 0 Å². The van der Waals surface area contributed by atoms with Crippen LogP contribution in [-0.4, -0.2) is 0 Å². The summed E-state index contributed by atoms with van der Waals surface area (Å²) in [4.78, 5) is 2.40. The molecule has 56 heavy (non-hydrogen) atoms. The van der Waals surface area contributed by atoms with Crippen molar-refractivity contribution < 1.29 is 4.74 Å². The van der Waals surface area contributed by atoms with Crippen LogP contribution < -0.4 is 9.64 Å². The van der Waals surface area contributed by atoms with E-state index in [0.717, 1.165) is 45.3 Å². The second kappa shape index (κ2) is 12.7. The maximum Gasteiger partial charge on any atom is 0.135 e. The summed E-state index contributed by atoms with van der Waals surface area (Å²) in [6.07, 6.45) is 0. The van der Waals surface area contributed by atoms with Crippen molar-refractivity contribution in [1.29, 1.82) is 0 Å². The first kappa shape index (κ1) is 32.3. The third-order valence-corrected chi connectivity index (χ3v) is 11.9. The molecule has 11 rings (SSSR count). The van der Waals surface area contributed by atoms with Gasteiger partial charge in [0.15, 0.2) is 0 Å². The highest BCUT2D eigenvalue weighted by atomic mass is 16.5. The first-order valence-corrected chi connectivity index (χ1v) is 19.3. The number of benzene rings is 9. The molecule has 0 radical (unpaired) electrons. The molecule has 1 aliphatic carbocycles. The zero-order valence-corrected chi connectivity index (χ0v) is 31.0. The molecule has 2 heteroatoms. The molecular weight excluding hydrogens is 679 g/mol. The molecule has 1 heterocycles. The molecule has 0 atom stereocenters. The predicted octanol–water partition coefficient (Wildman–Crippen LogP) is 14.8. The van der Waals surface area contributed by atoms with Crippen molar-refractivity contribution in [2.24, 2.45) is 0 Å². The summed E-state index contributed by atoms with van der Waals surface area (Å²) < 4.78 is 6.46.